The molecule has 1 amide bonds. The van der Waals surface area contributed by atoms with E-state index in [1.807, 2.05) is 33.3 Å². The van der Waals surface area contributed by atoms with Crippen LogP contribution in [0, 0.1) is 0 Å². The van der Waals surface area contributed by atoms with Crippen molar-refractivity contribution in [3.05, 3.63) is 48.6 Å². The number of nitrogens with one attached hydrogen (secondary N) is 1. The third kappa shape index (κ3) is 50.7. The molecule has 0 aliphatic carbocycles. The number of hydrogen-bond donors (Lipinski definition) is 1. The Labute approximate surface area is 427 Å². The number of likely N-dealkylation sites (N-methyl/N-ethyl adjacent to an activating group) is 1. The molecule has 69 heavy (non-hydrogen) atoms. The number of phosphoric ester groups is 1. The molecule has 0 spiro atoms. The number of quaternary nitrogens is 1. The molecule has 0 aromatic carbocycles. The van der Waals surface area contributed by atoms with Crippen LogP contribution in [0.15, 0.2) is 48.6 Å². The fourth-order valence-electron chi connectivity index (χ4n) is 8.23. The van der Waals surface area contributed by atoms with Gasteiger partial charge in [0.25, 0.3) is 7.82 Å². The van der Waals surface area contributed by atoms with Crippen molar-refractivity contribution in [1.82, 2.24) is 5.32 Å². The van der Waals surface area contributed by atoms with Gasteiger partial charge in [-0.3, -0.25) is 14.2 Å². The van der Waals surface area contributed by atoms with Crippen molar-refractivity contribution in [1.29, 1.82) is 0 Å². The summed E-state index contributed by atoms with van der Waals surface area (Å²) >= 11 is 0. The molecule has 0 radical (unpaired) electrons. The van der Waals surface area contributed by atoms with Gasteiger partial charge >= 0.3 is 5.97 Å². The van der Waals surface area contributed by atoms with Crippen molar-refractivity contribution in [2.24, 2.45) is 0 Å². The molecule has 0 rings (SSSR count). The Hall–Kier alpha value is -2.03. The second kappa shape index (κ2) is 49.5. The van der Waals surface area contributed by atoms with Gasteiger partial charge in [0.2, 0.25) is 5.91 Å². The minimum absolute atomic E-state index is 0.0228. The van der Waals surface area contributed by atoms with Crippen LogP contribution in [0.5, 0.6) is 0 Å². The van der Waals surface area contributed by atoms with E-state index in [1.165, 1.54) is 148 Å². The fraction of sp³-hybridized carbons (Fsp3) is 0.831. The Morgan fingerprint density at radius 2 is 0.884 bits per heavy atom. The average molecular weight is 992 g/mol. The van der Waals surface area contributed by atoms with Crippen molar-refractivity contribution < 1.29 is 37.3 Å². The summed E-state index contributed by atoms with van der Waals surface area (Å²) in [6.45, 7) is 6.80. The Morgan fingerprint density at radius 1 is 0.507 bits per heavy atom. The lowest BCUT2D eigenvalue weighted by molar-refractivity contribution is -0.870. The lowest BCUT2D eigenvalue weighted by Gasteiger charge is -2.30. The van der Waals surface area contributed by atoms with Gasteiger partial charge in [-0.1, -0.05) is 230 Å². The van der Waals surface area contributed by atoms with E-state index < -0.39 is 20.0 Å². The molecule has 3 atom stereocenters. The van der Waals surface area contributed by atoms with Gasteiger partial charge < -0.3 is 28.5 Å². The monoisotopic (exact) mass is 991 g/mol. The van der Waals surface area contributed by atoms with Crippen LogP contribution in [0.3, 0.4) is 0 Å². The van der Waals surface area contributed by atoms with E-state index >= 15 is 0 Å². The number of hydrogen-bond acceptors (Lipinski definition) is 7. The molecule has 404 valence electrons. The lowest BCUT2D eigenvalue weighted by atomic mass is 10.0. The Morgan fingerprint density at radius 3 is 1.35 bits per heavy atom. The third-order valence-electron chi connectivity index (χ3n) is 12.8. The zero-order valence-corrected chi connectivity index (χ0v) is 46.9. The van der Waals surface area contributed by atoms with Gasteiger partial charge in [-0.15, -0.1) is 0 Å². The molecule has 0 saturated heterocycles. The maximum Gasteiger partial charge on any atom is 0.306 e. The van der Waals surface area contributed by atoms with Gasteiger partial charge in [0.05, 0.1) is 33.8 Å². The predicted molar refractivity (Wildman–Crippen MR) is 293 cm³/mol. The number of phosphoric acid groups is 1. The third-order valence-corrected chi connectivity index (χ3v) is 13.7. The zero-order chi connectivity index (χ0) is 50.8. The number of rotatable bonds is 52. The summed E-state index contributed by atoms with van der Waals surface area (Å²) in [4.78, 5) is 39.8. The Kier molecular flexibility index (Phi) is 48.1. The second-order valence-corrected chi connectivity index (χ2v) is 22.2. The number of amides is 1. The van der Waals surface area contributed by atoms with Gasteiger partial charge in [-0.05, 0) is 70.3 Å². The van der Waals surface area contributed by atoms with Crippen molar-refractivity contribution in [3.8, 4) is 0 Å². The van der Waals surface area contributed by atoms with Crippen molar-refractivity contribution >= 4 is 19.7 Å². The topological polar surface area (TPSA) is 114 Å². The van der Waals surface area contributed by atoms with Crippen molar-refractivity contribution in [3.63, 3.8) is 0 Å². The maximum atomic E-state index is 13.4. The summed E-state index contributed by atoms with van der Waals surface area (Å²) < 4.78 is 30.2. The van der Waals surface area contributed by atoms with Crippen LogP contribution in [-0.4, -0.2) is 69.4 Å². The van der Waals surface area contributed by atoms with E-state index in [1.54, 1.807) is 0 Å². The number of carbonyl (C=O) groups is 2. The quantitative estimate of drug-likeness (QED) is 0.0212. The largest absolute Gasteiger partial charge is 0.756 e. The molecule has 0 bridgehead atoms. The van der Waals surface area contributed by atoms with E-state index in [9.17, 15) is 19.0 Å². The summed E-state index contributed by atoms with van der Waals surface area (Å²) in [5.41, 5.74) is 0. The Bertz CT molecular complexity index is 1330. The molecule has 0 heterocycles. The van der Waals surface area contributed by atoms with E-state index in [-0.39, 0.29) is 31.5 Å². The molecule has 0 aliphatic rings. The fourth-order valence-corrected chi connectivity index (χ4v) is 8.96. The van der Waals surface area contributed by atoms with Crippen LogP contribution in [0.4, 0.5) is 0 Å². The second-order valence-electron chi connectivity index (χ2n) is 20.8. The lowest BCUT2D eigenvalue weighted by Crippen LogP contribution is -2.47. The highest BCUT2D eigenvalue weighted by Crippen LogP contribution is 2.38. The van der Waals surface area contributed by atoms with E-state index in [0.717, 1.165) is 83.5 Å². The van der Waals surface area contributed by atoms with Crippen LogP contribution >= 0.6 is 7.82 Å². The predicted octanol–water partition coefficient (Wildman–Crippen LogP) is 16.7. The molecule has 9 nitrogen and oxygen atoms in total. The summed E-state index contributed by atoms with van der Waals surface area (Å²) in [6.07, 6.45) is 59.3. The van der Waals surface area contributed by atoms with Gasteiger partial charge in [-0.25, -0.2) is 0 Å². The molecule has 0 aromatic heterocycles. The standard InChI is InChI=1S/C59H111N2O7P/c1-7-10-13-16-19-22-25-26-27-28-29-30-31-32-33-34-37-40-43-46-49-52-59(63)68-57(50-47-44-41-38-35-23-20-17-14-11-8-2)56(55-67-69(64,65)66-54-53-61(4,5)6)60-58(62)51-48-45-42-39-36-24-21-18-15-12-9-3/h19,22,26-27,29-30,47,50,56-57H,7-18,20-21,23-25,28,31-46,48-49,51-55H2,1-6H3,(H-,60,62,64,65)/b22-19-,27-26-,30-29-,50-47+. The number of allylic oxidation sites excluding steroid dienone is 7. The first kappa shape index (κ1) is 67.0. The summed E-state index contributed by atoms with van der Waals surface area (Å²) in [7, 11) is 1.18. The molecular formula is C59H111N2O7P. The van der Waals surface area contributed by atoms with Crippen LogP contribution < -0.4 is 10.2 Å². The summed E-state index contributed by atoms with van der Waals surface area (Å²) in [5, 5.41) is 3.01. The van der Waals surface area contributed by atoms with Gasteiger partial charge in [-0.2, -0.15) is 0 Å². The average Bonchev–Trinajstić information content (AvgIpc) is 3.31. The highest BCUT2D eigenvalue weighted by atomic mass is 31.2. The molecule has 0 saturated carbocycles. The van der Waals surface area contributed by atoms with Crippen molar-refractivity contribution in [2.75, 3.05) is 40.9 Å². The number of nitrogens with zero attached hydrogens (tertiary/aromatic N) is 1. The van der Waals surface area contributed by atoms with Crippen LogP contribution in [0.1, 0.15) is 265 Å². The highest BCUT2D eigenvalue weighted by Gasteiger charge is 2.27. The zero-order valence-electron chi connectivity index (χ0n) is 46.0. The molecule has 10 heteroatoms. The van der Waals surface area contributed by atoms with Crippen LogP contribution in [-0.2, 0) is 27.9 Å². The van der Waals surface area contributed by atoms with Crippen LogP contribution in [0.2, 0.25) is 0 Å². The first-order valence-corrected chi connectivity index (χ1v) is 30.4. The van der Waals surface area contributed by atoms with Gasteiger partial charge in [0, 0.05) is 12.8 Å². The first-order valence-electron chi connectivity index (χ1n) is 28.9. The van der Waals surface area contributed by atoms with Crippen molar-refractivity contribution in [2.45, 2.75) is 277 Å². The maximum absolute atomic E-state index is 13.4. The summed E-state index contributed by atoms with van der Waals surface area (Å²) in [5.74, 6) is -0.545. The minimum Gasteiger partial charge on any atom is -0.756 e. The molecule has 0 fully saturated rings. The normalized spacial score (nSPS) is 14.1. The molecule has 0 aliphatic heterocycles. The van der Waals surface area contributed by atoms with Crippen LogP contribution in [0.25, 0.3) is 0 Å². The number of unbranched alkanes of at least 4 members (excludes halogenated alkanes) is 30. The Balaban J connectivity index is 5.22. The van der Waals surface area contributed by atoms with Gasteiger partial charge in [0.15, 0.2) is 0 Å². The molecular weight excluding hydrogens is 880 g/mol. The van der Waals surface area contributed by atoms with E-state index in [4.69, 9.17) is 13.8 Å². The highest BCUT2D eigenvalue weighted by molar-refractivity contribution is 7.45. The number of ether oxygens (including phenoxy) is 1. The summed E-state index contributed by atoms with van der Waals surface area (Å²) in [6, 6.07) is -0.887. The molecule has 3 unspecified atom stereocenters. The molecule has 0 aromatic rings. The molecule has 1 N–H and O–H groups in total. The van der Waals surface area contributed by atoms with E-state index in [0.29, 0.717) is 17.4 Å². The SMILES string of the molecule is CCCCC/C=C\C/C=C\C/C=C\CCCCCCCCCCC(=O)OC(/C=C/CCCCCCCCCCC)C(COP(=O)([O-])OCC[N+](C)(C)C)NC(=O)CCCCCCCCCCCCC. The van der Waals surface area contributed by atoms with Gasteiger partial charge in [0.1, 0.15) is 19.3 Å². The van der Waals surface area contributed by atoms with E-state index in [2.05, 4.69) is 62.5 Å². The smallest absolute Gasteiger partial charge is 0.306 e. The number of esters is 1. The number of carbonyl (C=O) groups excluding carboxylic acids is 2. The first-order chi connectivity index (χ1) is 33.4. The minimum atomic E-state index is -4.69.